The summed E-state index contributed by atoms with van der Waals surface area (Å²) in [5, 5.41) is 0. The minimum Gasteiger partial charge on any atom is -0.382 e. The average Bonchev–Trinajstić information content (AvgIpc) is 2.28. The molecule has 0 fully saturated rings. The monoisotopic (exact) mass is 267 g/mol. The Morgan fingerprint density at radius 2 is 2.06 bits per heavy atom. The number of nitrogens with zero attached hydrogens (tertiary/aromatic N) is 1. The normalized spacial score (nSPS) is 17.6. The molecule has 0 saturated heterocycles. The molecule has 0 bridgehead atoms. The molecule has 1 aromatic carbocycles. The third kappa shape index (κ3) is 2.03. The standard InChI is InChI=1S/C12H14FN3OS/c1-6(2)7(3)10-8(13)4-5-9-11(10)12(14)16-18(17)15-9/h4-5,15H,1-3H3,(H2,14,16). The Hall–Kier alpha value is -1.69. The van der Waals surface area contributed by atoms with Gasteiger partial charge in [0.25, 0.3) is 0 Å². The van der Waals surface area contributed by atoms with Gasteiger partial charge in [0.15, 0.2) is 0 Å². The summed E-state index contributed by atoms with van der Waals surface area (Å²) in [5.74, 6) is -0.266. The number of fused-ring (bicyclic) bond motifs is 1. The van der Waals surface area contributed by atoms with Gasteiger partial charge in [-0.1, -0.05) is 5.57 Å². The summed E-state index contributed by atoms with van der Waals surface area (Å²) in [4.78, 5) is 0. The largest absolute Gasteiger partial charge is 0.382 e. The second kappa shape index (κ2) is 4.53. The van der Waals surface area contributed by atoms with Crippen LogP contribution >= 0.6 is 0 Å². The lowest BCUT2D eigenvalue weighted by Crippen LogP contribution is -2.25. The molecule has 0 aromatic heterocycles. The van der Waals surface area contributed by atoms with Crippen molar-refractivity contribution in [3.05, 3.63) is 34.6 Å². The van der Waals surface area contributed by atoms with Gasteiger partial charge >= 0.3 is 0 Å². The van der Waals surface area contributed by atoms with Crippen LogP contribution in [0.5, 0.6) is 0 Å². The first-order chi connectivity index (χ1) is 8.41. The van der Waals surface area contributed by atoms with Gasteiger partial charge in [-0.3, -0.25) is 4.72 Å². The van der Waals surface area contributed by atoms with Crippen molar-refractivity contribution in [3.63, 3.8) is 0 Å². The number of nitrogens with two attached hydrogens (primary N) is 1. The van der Waals surface area contributed by atoms with Gasteiger partial charge in [-0.05, 0) is 38.5 Å². The van der Waals surface area contributed by atoms with E-state index in [0.29, 0.717) is 16.8 Å². The van der Waals surface area contributed by atoms with Crippen molar-refractivity contribution in [2.24, 2.45) is 10.1 Å². The molecule has 1 aromatic rings. The van der Waals surface area contributed by atoms with Crippen LogP contribution in [0.4, 0.5) is 10.1 Å². The van der Waals surface area contributed by atoms with Crippen LogP contribution in [0.3, 0.4) is 0 Å². The Morgan fingerprint density at radius 3 is 2.67 bits per heavy atom. The van der Waals surface area contributed by atoms with Crippen molar-refractivity contribution in [1.29, 1.82) is 0 Å². The van der Waals surface area contributed by atoms with Crippen molar-refractivity contribution < 1.29 is 8.60 Å². The Kier molecular flexibility index (Phi) is 3.21. The van der Waals surface area contributed by atoms with E-state index in [1.54, 1.807) is 0 Å². The third-order valence-electron chi connectivity index (χ3n) is 2.91. The van der Waals surface area contributed by atoms with E-state index in [4.69, 9.17) is 5.73 Å². The number of amidine groups is 1. The van der Waals surface area contributed by atoms with Crippen LogP contribution < -0.4 is 10.5 Å². The van der Waals surface area contributed by atoms with Gasteiger partial charge in [0, 0.05) is 5.56 Å². The van der Waals surface area contributed by atoms with E-state index in [1.807, 2.05) is 20.8 Å². The van der Waals surface area contributed by atoms with Gasteiger partial charge in [0.2, 0.25) is 11.2 Å². The van der Waals surface area contributed by atoms with Crippen LogP contribution in [0.15, 0.2) is 22.1 Å². The maximum atomic E-state index is 14.0. The molecule has 0 saturated carbocycles. The summed E-state index contributed by atoms with van der Waals surface area (Å²) in [5.41, 5.74) is 9.00. The fourth-order valence-corrected chi connectivity index (χ4v) is 2.47. The molecule has 1 aliphatic heterocycles. The molecule has 0 radical (unpaired) electrons. The highest BCUT2D eigenvalue weighted by Gasteiger charge is 2.23. The zero-order valence-corrected chi connectivity index (χ0v) is 11.2. The van der Waals surface area contributed by atoms with Crippen LogP contribution in [0, 0.1) is 5.82 Å². The SMILES string of the molecule is CC(C)=C(C)c1c(F)ccc2c1C(N)=NS(=O)N2. The fourth-order valence-electron chi connectivity index (χ4n) is 1.80. The Bertz CT molecular complexity index is 604. The average molecular weight is 267 g/mol. The number of rotatable bonds is 1. The molecule has 1 aliphatic rings. The van der Waals surface area contributed by atoms with Crippen LogP contribution in [0.1, 0.15) is 31.9 Å². The van der Waals surface area contributed by atoms with E-state index < -0.39 is 11.2 Å². The lowest BCUT2D eigenvalue weighted by molar-refractivity contribution is 0.623. The molecule has 0 spiro atoms. The number of hydrogen-bond donors (Lipinski definition) is 2. The molecular weight excluding hydrogens is 253 g/mol. The Balaban J connectivity index is 2.79. The lowest BCUT2D eigenvalue weighted by Gasteiger charge is -2.19. The molecule has 4 nitrogen and oxygen atoms in total. The van der Waals surface area contributed by atoms with E-state index in [1.165, 1.54) is 12.1 Å². The number of halogens is 1. The first-order valence-electron chi connectivity index (χ1n) is 5.42. The first-order valence-corrected chi connectivity index (χ1v) is 6.52. The summed E-state index contributed by atoms with van der Waals surface area (Å²) >= 11 is -1.60. The second-order valence-corrected chi connectivity index (χ2v) is 5.18. The zero-order valence-electron chi connectivity index (χ0n) is 10.4. The number of allylic oxidation sites excluding steroid dienone is 2. The summed E-state index contributed by atoms with van der Waals surface area (Å²) in [6.07, 6.45) is 0. The van der Waals surface area contributed by atoms with Crippen molar-refractivity contribution in [1.82, 2.24) is 0 Å². The van der Waals surface area contributed by atoms with Gasteiger partial charge in [0.1, 0.15) is 11.7 Å². The van der Waals surface area contributed by atoms with Crippen molar-refractivity contribution in [2.75, 3.05) is 4.72 Å². The number of anilines is 1. The molecule has 3 N–H and O–H groups in total. The predicted molar refractivity (Wildman–Crippen MR) is 72.8 cm³/mol. The molecule has 18 heavy (non-hydrogen) atoms. The molecule has 1 atom stereocenters. The first kappa shape index (κ1) is 12.8. The van der Waals surface area contributed by atoms with Gasteiger partial charge in [0.05, 0.1) is 11.3 Å². The third-order valence-corrected chi connectivity index (χ3v) is 3.67. The molecule has 1 heterocycles. The highest BCUT2D eigenvalue weighted by molar-refractivity contribution is 7.85. The fraction of sp³-hybridized carbons (Fsp3) is 0.250. The zero-order chi connectivity index (χ0) is 13.4. The van der Waals surface area contributed by atoms with Crippen LogP contribution in [-0.2, 0) is 11.2 Å². The van der Waals surface area contributed by atoms with Gasteiger partial charge < -0.3 is 5.73 Å². The topological polar surface area (TPSA) is 67.5 Å². The van der Waals surface area contributed by atoms with E-state index in [-0.39, 0.29) is 11.7 Å². The highest BCUT2D eigenvalue weighted by Crippen LogP contribution is 2.32. The summed E-state index contributed by atoms with van der Waals surface area (Å²) < 4.78 is 31.8. The Labute approximate surface area is 108 Å². The highest BCUT2D eigenvalue weighted by atomic mass is 32.2. The van der Waals surface area contributed by atoms with E-state index in [9.17, 15) is 8.60 Å². The van der Waals surface area contributed by atoms with Gasteiger partial charge in [-0.15, -0.1) is 0 Å². The van der Waals surface area contributed by atoms with E-state index in [2.05, 4.69) is 9.12 Å². The summed E-state index contributed by atoms with van der Waals surface area (Å²) in [7, 11) is 0. The van der Waals surface area contributed by atoms with E-state index >= 15 is 0 Å². The van der Waals surface area contributed by atoms with E-state index in [0.717, 1.165) is 11.1 Å². The van der Waals surface area contributed by atoms with Crippen LogP contribution in [0.25, 0.3) is 5.57 Å². The molecule has 96 valence electrons. The summed E-state index contributed by atoms with van der Waals surface area (Å²) in [6, 6.07) is 2.86. The minimum atomic E-state index is -1.60. The minimum absolute atomic E-state index is 0.0946. The second-order valence-electron chi connectivity index (χ2n) is 4.30. The molecule has 0 amide bonds. The van der Waals surface area contributed by atoms with Crippen LogP contribution in [-0.4, -0.2) is 10.0 Å². The molecule has 2 rings (SSSR count). The van der Waals surface area contributed by atoms with Crippen molar-refractivity contribution in [3.8, 4) is 0 Å². The number of nitrogens with one attached hydrogen (secondary N) is 1. The number of hydrogen-bond acceptors (Lipinski definition) is 2. The Morgan fingerprint density at radius 1 is 1.39 bits per heavy atom. The maximum absolute atomic E-state index is 14.0. The lowest BCUT2D eigenvalue weighted by atomic mass is 9.95. The molecule has 6 heteroatoms. The molecule has 1 unspecified atom stereocenters. The van der Waals surface area contributed by atoms with Crippen molar-refractivity contribution >= 4 is 28.3 Å². The quantitative estimate of drug-likeness (QED) is 0.820. The van der Waals surface area contributed by atoms with Gasteiger partial charge in [-0.25, -0.2) is 8.60 Å². The maximum Gasteiger partial charge on any atom is 0.244 e. The number of benzene rings is 1. The predicted octanol–water partition coefficient (Wildman–Crippen LogP) is 2.35. The van der Waals surface area contributed by atoms with Crippen molar-refractivity contribution in [2.45, 2.75) is 20.8 Å². The summed E-state index contributed by atoms with van der Waals surface area (Å²) in [6.45, 7) is 5.62. The smallest absolute Gasteiger partial charge is 0.244 e. The molecule has 0 aliphatic carbocycles. The van der Waals surface area contributed by atoms with Crippen LogP contribution in [0.2, 0.25) is 0 Å². The van der Waals surface area contributed by atoms with Gasteiger partial charge in [-0.2, -0.15) is 4.40 Å². The molecular formula is C12H14FN3OS.